The van der Waals surface area contributed by atoms with Gasteiger partial charge in [-0.15, -0.1) is 0 Å². The largest absolute Gasteiger partial charge is 0.357 e. The third-order valence-corrected chi connectivity index (χ3v) is 2.80. The summed E-state index contributed by atoms with van der Waals surface area (Å²) >= 11 is 0.585. The number of carbonyl (C=O) groups excluding carboxylic acids is 2. The molecular formula is C9H10O4S. The zero-order valence-electron chi connectivity index (χ0n) is 7.56. The first-order chi connectivity index (χ1) is 6.44. The lowest BCUT2D eigenvalue weighted by Crippen LogP contribution is -2.23. The summed E-state index contributed by atoms with van der Waals surface area (Å²) in [5.74, 6) is -0.700. The molecule has 1 aliphatic rings. The second-order valence-electron chi connectivity index (χ2n) is 2.81. The van der Waals surface area contributed by atoms with Crippen LogP contribution in [0.5, 0.6) is 0 Å². The van der Waals surface area contributed by atoms with Gasteiger partial charge in [0.15, 0.2) is 11.6 Å². The number of hydrogen-bond donors (Lipinski definition) is 2. The van der Waals surface area contributed by atoms with Crippen molar-refractivity contribution in [2.24, 2.45) is 0 Å². The van der Waals surface area contributed by atoms with E-state index in [1.54, 1.807) is 6.92 Å². The Morgan fingerprint density at radius 3 is 2.57 bits per heavy atom. The minimum Gasteiger partial charge on any atom is -0.357 e. The Hall–Kier alpha value is -0.910. The molecule has 0 aromatic rings. The second-order valence-corrected chi connectivity index (χ2v) is 4.11. The van der Waals surface area contributed by atoms with E-state index >= 15 is 0 Å². The summed E-state index contributed by atoms with van der Waals surface area (Å²) in [4.78, 5) is 22.1. The highest BCUT2D eigenvalue weighted by Crippen LogP contribution is 2.32. The molecule has 76 valence electrons. The van der Waals surface area contributed by atoms with E-state index in [0.717, 1.165) is 18.2 Å². The van der Waals surface area contributed by atoms with Gasteiger partial charge < -0.3 is 10.2 Å². The summed E-state index contributed by atoms with van der Waals surface area (Å²) in [6.07, 6.45) is 3.44. The predicted molar refractivity (Wildman–Crippen MR) is 52.3 cm³/mol. The molecule has 0 saturated heterocycles. The van der Waals surface area contributed by atoms with Crippen LogP contribution in [0.3, 0.4) is 0 Å². The smallest absolute Gasteiger partial charge is 0.217 e. The molecule has 1 aliphatic carbocycles. The number of aliphatic hydroxyl groups is 2. The molecule has 0 spiro atoms. The topological polar surface area (TPSA) is 74.6 Å². The molecule has 0 atom stereocenters. The van der Waals surface area contributed by atoms with Gasteiger partial charge in [0.1, 0.15) is 0 Å². The van der Waals surface area contributed by atoms with Gasteiger partial charge in [0.2, 0.25) is 5.12 Å². The number of ketones is 2. The summed E-state index contributed by atoms with van der Waals surface area (Å²) in [7, 11) is 0. The third kappa shape index (κ3) is 2.80. The third-order valence-electron chi connectivity index (χ3n) is 1.65. The van der Waals surface area contributed by atoms with Crippen LogP contribution in [0, 0.1) is 0 Å². The van der Waals surface area contributed by atoms with Crippen molar-refractivity contribution >= 4 is 23.3 Å². The Morgan fingerprint density at radius 1 is 1.36 bits per heavy atom. The van der Waals surface area contributed by atoms with Gasteiger partial charge in [0.05, 0.1) is 4.91 Å². The molecule has 0 aliphatic heterocycles. The van der Waals surface area contributed by atoms with Gasteiger partial charge in [-0.25, -0.2) is 0 Å². The number of rotatable bonds is 3. The van der Waals surface area contributed by atoms with E-state index in [4.69, 9.17) is 0 Å². The second kappa shape index (κ2) is 4.08. The molecule has 0 unspecified atom stereocenters. The average molecular weight is 214 g/mol. The first-order valence-corrected chi connectivity index (χ1v) is 4.88. The van der Waals surface area contributed by atoms with Crippen LogP contribution in [0.4, 0.5) is 0 Å². The minimum atomic E-state index is -1.99. The summed E-state index contributed by atoms with van der Waals surface area (Å²) in [6.45, 7) is 1.57. The fraction of sp³-hybridized carbons (Fsp3) is 0.333. The van der Waals surface area contributed by atoms with Gasteiger partial charge in [0, 0.05) is 12.5 Å². The lowest BCUT2D eigenvalue weighted by molar-refractivity contribution is -0.114. The Kier molecular flexibility index (Phi) is 3.25. The summed E-state index contributed by atoms with van der Waals surface area (Å²) in [5, 5.41) is 16.5. The molecule has 0 heterocycles. The zero-order chi connectivity index (χ0) is 10.8. The highest BCUT2D eigenvalue weighted by molar-refractivity contribution is 8.05. The Balaban J connectivity index is 2.79. The molecule has 0 saturated carbocycles. The van der Waals surface area contributed by atoms with Crippen molar-refractivity contribution in [2.45, 2.75) is 18.5 Å². The van der Waals surface area contributed by atoms with Crippen molar-refractivity contribution in [3.63, 3.8) is 0 Å². The zero-order valence-corrected chi connectivity index (χ0v) is 8.37. The molecular weight excluding hydrogens is 204 g/mol. The van der Waals surface area contributed by atoms with E-state index in [1.807, 2.05) is 0 Å². The maximum absolute atomic E-state index is 11.2. The Labute approximate surface area is 85.3 Å². The summed E-state index contributed by atoms with van der Waals surface area (Å²) < 4.78 is 0. The van der Waals surface area contributed by atoms with Gasteiger partial charge in [-0.2, -0.15) is 0 Å². The SMILES string of the molecule is CCC(O)(O)SC1=CC(=O)C=CC1=O. The van der Waals surface area contributed by atoms with Crippen LogP contribution in [0.15, 0.2) is 23.1 Å². The predicted octanol–water partition coefficient (Wildman–Crippen LogP) is 0.360. The summed E-state index contributed by atoms with van der Waals surface area (Å²) in [5.41, 5.74) is 0. The van der Waals surface area contributed by atoms with Gasteiger partial charge in [0.25, 0.3) is 0 Å². The molecule has 0 aromatic carbocycles. The van der Waals surface area contributed by atoms with Crippen molar-refractivity contribution in [1.82, 2.24) is 0 Å². The highest BCUT2D eigenvalue weighted by Gasteiger charge is 2.27. The fourth-order valence-electron chi connectivity index (χ4n) is 0.816. The van der Waals surface area contributed by atoms with Crippen molar-refractivity contribution in [3.8, 4) is 0 Å². The van der Waals surface area contributed by atoms with E-state index in [2.05, 4.69) is 0 Å². The van der Waals surface area contributed by atoms with Crippen LogP contribution in [0.1, 0.15) is 13.3 Å². The average Bonchev–Trinajstić information content (AvgIpc) is 2.11. The van der Waals surface area contributed by atoms with Crippen LogP contribution in [-0.4, -0.2) is 26.9 Å². The number of allylic oxidation sites excluding steroid dienone is 4. The first kappa shape index (κ1) is 11.2. The van der Waals surface area contributed by atoms with Gasteiger partial charge in [-0.3, -0.25) is 9.59 Å². The summed E-state index contributed by atoms with van der Waals surface area (Å²) in [6, 6.07) is 0. The maximum atomic E-state index is 11.2. The number of hydrogen-bond acceptors (Lipinski definition) is 5. The van der Waals surface area contributed by atoms with E-state index in [9.17, 15) is 19.8 Å². The van der Waals surface area contributed by atoms with Crippen LogP contribution < -0.4 is 0 Å². The standard InChI is InChI=1S/C9H10O4S/c1-2-9(12,13)14-8-5-6(10)3-4-7(8)11/h3-5,12-13H,2H2,1H3. The van der Waals surface area contributed by atoms with E-state index < -0.39 is 5.12 Å². The number of carbonyl (C=O) groups is 2. The van der Waals surface area contributed by atoms with E-state index in [1.165, 1.54) is 0 Å². The molecule has 4 nitrogen and oxygen atoms in total. The van der Waals surface area contributed by atoms with Crippen LogP contribution in [-0.2, 0) is 9.59 Å². The lowest BCUT2D eigenvalue weighted by Gasteiger charge is -2.19. The molecule has 0 radical (unpaired) electrons. The van der Waals surface area contributed by atoms with Gasteiger partial charge in [-0.05, 0) is 12.2 Å². The quantitative estimate of drug-likeness (QED) is 0.524. The Bertz CT molecular complexity index is 328. The molecule has 0 bridgehead atoms. The normalized spacial score (nSPS) is 17.2. The molecule has 2 N–H and O–H groups in total. The van der Waals surface area contributed by atoms with Crippen molar-refractivity contribution in [2.75, 3.05) is 0 Å². The minimum absolute atomic E-state index is 0.0596. The lowest BCUT2D eigenvalue weighted by atomic mass is 10.2. The fourth-order valence-corrected chi connectivity index (χ4v) is 1.66. The van der Waals surface area contributed by atoms with Crippen LogP contribution in [0.25, 0.3) is 0 Å². The van der Waals surface area contributed by atoms with Gasteiger partial charge >= 0.3 is 0 Å². The van der Waals surface area contributed by atoms with Crippen molar-refractivity contribution in [1.29, 1.82) is 0 Å². The highest BCUT2D eigenvalue weighted by atomic mass is 32.2. The molecule has 14 heavy (non-hydrogen) atoms. The Morgan fingerprint density at radius 2 is 2.00 bits per heavy atom. The van der Waals surface area contributed by atoms with Crippen LogP contribution >= 0.6 is 11.8 Å². The first-order valence-electron chi connectivity index (χ1n) is 4.06. The molecule has 0 fully saturated rings. The molecule has 0 amide bonds. The maximum Gasteiger partial charge on any atom is 0.217 e. The molecule has 1 rings (SSSR count). The van der Waals surface area contributed by atoms with E-state index in [0.29, 0.717) is 11.8 Å². The van der Waals surface area contributed by atoms with Crippen LogP contribution in [0.2, 0.25) is 0 Å². The van der Waals surface area contributed by atoms with Crippen molar-refractivity contribution in [3.05, 3.63) is 23.1 Å². The monoisotopic (exact) mass is 214 g/mol. The van der Waals surface area contributed by atoms with Gasteiger partial charge in [-0.1, -0.05) is 18.7 Å². The molecule has 5 heteroatoms. The van der Waals surface area contributed by atoms with E-state index in [-0.39, 0.29) is 22.9 Å². The molecule has 0 aromatic heterocycles. The number of thioether (sulfide) groups is 1. The van der Waals surface area contributed by atoms with Crippen molar-refractivity contribution < 1.29 is 19.8 Å².